The number of carbonyl (C=O) groups is 2. The van der Waals surface area contributed by atoms with E-state index in [-0.39, 0.29) is 34.5 Å². The molecule has 2 aromatic carbocycles. The minimum absolute atomic E-state index is 0.0442. The van der Waals surface area contributed by atoms with E-state index in [1.165, 1.54) is 17.0 Å². The van der Waals surface area contributed by atoms with Gasteiger partial charge in [0.15, 0.2) is 11.5 Å². The van der Waals surface area contributed by atoms with Crippen molar-refractivity contribution in [2.75, 3.05) is 18.6 Å². The molecule has 1 saturated carbocycles. The van der Waals surface area contributed by atoms with Gasteiger partial charge in [-0.2, -0.15) is 8.78 Å². The van der Waals surface area contributed by atoms with Crippen LogP contribution >= 0.6 is 0 Å². The Morgan fingerprint density at radius 1 is 0.976 bits per heavy atom. The number of nitrogens with zero attached hydrogens (tertiary/aromatic N) is 3. The highest BCUT2D eigenvalue weighted by Gasteiger charge is 2.24. The molecule has 0 bridgehead atoms. The number of ether oxygens (including phenoxy) is 3. The zero-order valence-corrected chi connectivity index (χ0v) is 23.3. The van der Waals surface area contributed by atoms with Gasteiger partial charge in [-0.1, -0.05) is 29.8 Å². The number of pyridine rings is 2. The summed E-state index contributed by atoms with van der Waals surface area (Å²) < 4.78 is 41.8. The van der Waals surface area contributed by atoms with E-state index in [9.17, 15) is 18.4 Å². The molecule has 1 aliphatic rings. The number of halogens is 2. The van der Waals surface area contributed by atoms with Crippen LogP contribution in [0, 0.1) is 19.8 Å². The van der Waals surface area contributed by atoms with Crippen molar-refractivity contribution in [3.8, 4) is 28.5 Å². The summed E-state index contributed by atoms with van der Waals surface area (Å²) in [7, 11) is 1.64. The zero-order valence-electron chi connectivity index (χ0n) is 23.3. The average Bonchev–Trinajstić information content (AvgIpc) is 3.81. The first-order valence-electron chi connectivity index (χ1n) is 13.4. The Bertz CT molecular complexity index is 1610. The van der Waals surface area contributed by atoms with Crippen molar-refractivity contribution in [1.82, 2.24) is 9.97 Å². The number of aryl methyl sites for hydroxylation is 2. The normalized spacial score (nSPS) is 12.6. The second-order valence-corrected chi connectivity index (χ2v) is 10.1. The molecule has 8 nitrogen and oxygen atoms in total. The standard InChI is InChI=1S/C32H29F2N3O5/c1-19-7-12-24(13-8-19)37(3)30(38)26-5-4-6-29(36-26)42-31(39)25-15-23(17-35-20(25)2)22-11-14-27(41-32(33)34)28(16-22)40-18-21-9-10-21/h4-8,11-17,21,32H,9-10,18H2,1-3H3. The largest absolute Gasteiger partial charge is 0.489 e. The lowest BCUT2D eigenvalue weighted by atomic mass is 10.0. The number of amides is 1. The maximum atomic E-state index is 13.2. The molecular formula is C32H29F2N3O5. The summed E-state index contributed by atoms with van der Waals surface area (Å²) in [6.07, 6.45) is 3.64. The van der Waals surface area contributed by atoms with Gasteiger partial charge >= 0.3 is 12.6 Å². The second kappa shape index (κ2) is 12.3. The quantitative estimate of drug-likeness (QED) is 0.196. The van der Waals surface area contributed by atoms with E-state index < -0.39 is 12.6 Å². The summed E-state index contributed by atoms with van der Waals surface area (Å²) >= 11 is 0. The van der Waals surface area contributed by atoms with E-state index in [1.807, 2.05) is 31.2 Å². The summed E-state index contributed by atoms with van der Waals surface area (Å²) in [5.41, 5.74) is 3.60. The molecule has 4 aromatic rings. The van der Waals surface area contributed by atoms with Gasteiger partial charge in [0.2, 0.25) is 5.88 Å². The minimum Gasteiger partial charge on any atom is -0.489 e. The van der Waals surface area contributed by atoms with Gasteiger partial charge in [-0.25, -0.2) is 9.78 Å². The third-order valence-corrected chi connectivity index (χ3v) is 6.84. The topological polar surface area (TPSA) is 90.9 Å². The number of alkyl halides is 2. The number of carbonyl (C=O) groups excluding carboxylic acids is 2. The fraction of sp³-hybridized carbons (Fsp3) is 0.250. The third kappa shape index (κ3) is 6.88. The lowest BCUT2D eigenvalue weighted by molar-refractivity contribution is -0.0515. The van der Waals surface area contributed by atoms with E-state index in [1.54, 1.807) is 50.5 Å². The number of esters is 1. The molecule has 2 aromatic heterocycles. The Morgan fingerprint density at radius 3 is 2.45 bits per heavy atom. The van der Waals surface area contributed by atoms with Crippen LogP contribution in [0.15, 0.2) is 72.9 Å². The van der Waals surface area contributed by atoms with Crippen molar-refractivity contribution in [3.05, 3.63) is 95.4 Å². The van der Waals surface area contributed by atoms with Gasteiger partial charge in [-0.15, -0.1) is 0 Å². The fourth-order valence-electron chi connectivity index (χ4n) is 4.18. The van der Waals surface area contributed by atoms with Crippen LogP contribution in [0.4, 0.5) is 14.5 Å². The molecule has 0 radical (unpaired) electrons. The van der Waals surface area contributed by atoms with E-state index >= 15 is 0 Å². The molecule has 10 heteroatoms. The van der Waals surface area contributed by atoms with Crippen LogP contribution in [-0.4, -0.2) is 42.1 Å². The summed E-state index contributed by atoms with van der Waals surface area (Å²) in [4.78, 5) is 36.3. The minimum atomic E-state index is -2.99. The highest BCUT2D eigenvalue weighted by atomic mass is 19.3. The van der Waals surface area contributed by atoms with E-state index in [2.05, 4.69) is 14.7 Å². The molecule has 2 heterocycles. The molecule has 5 rings (SSSR count). The van der Waals surface area contributed by atoms with Crippen molar-refractivity contribution >= 4 is 17.6 Å². The first kappa shape index (κ1) is 28.7. The van der Waals surface area contributed by atoms with Gasteiger partial charge in [0, 0.05) is 30.6 Å². The van der Waals surface area contributed by atoms with Crippen LogP contribution in [0.5, 0.6) is 17.4 Å². The van der Waals surface area contributed by atoms with Crippen LogP contribution in [0.2, 0.25) is 0 Å². The Morgan fingerprint density at radius 2 is 1.74 bits per heavy atom. The van der Waals surface area contributed by atoms with Gasteiger partial charge in [0.05, 0.1) is 17.9 Å². The van der Waals surface area contributed by atoms with Crippen LogP contribution in [0.25, 0.3) is 11.1 Å². The molecule has 1 aliphatic carbocycles. The summed E-state index contributed by atoms with van der Waals surface area (Å²) in [6.45, 7) is 1.03. The highest BCUT2D eigenvalue weighted by Crippen LogP contribution is 2.36. The molecule has 1 fully saturated rings. The Hall–Kier alpha value is -4.86. The molecule has 0 saturated heterocycles. The number of hydrogen-bond donors (Lipinski definition) is 0. The molecule has 1 amide bonds. The SMILES string of the molecule is Cc1ccc(N(C)C(=O)c2cccc(OC(=O)c3cc(-c4ccc(OC(F)F)c(OCC5CC5)c4)cnc3C)n2)cc1. The maximum Gasteiger partial charge on any atom is 0.387 e. The monoisotopic (exact) mass is 573 g/mol. The van der Waals surface area contributed by atoms with Crippen molar-refractivity contribution in [2.45, 2.75) is 33.3 Å². The van der Waals surface area contributed by atoms with Crippen LogP contribution in [-0.2, 0) is 0 Å². The molecule has 0 N–H and O–H groups in total. The molecule has 216 valence electrons. The van der Waals surface area contributed by atoms with E-state index in [0.717, 1.165) is 18.4 Å². The van der Waals surface area contributed by atoms with Gasteiger partial charge in [-0.05, 0) is 74.6 Å². The van der Waals surface area contributed by atoms with Gasteiger partial charge < -0.3 is 19.1 Å². The molecule has 0 unspecified atom stereocenters. The van der Waals surface area contributed by atoms with Crippen molar-refractivity contribution in [2.24, 2.45) is 5.92 Å². The van der Waals surface area contributed by atoms with Crippen molar-refractivity contribution in [3.63, 3.8) is 0 Å². The summed E-state index contributed by atoms with van der Waals surface area (Å²) in [6, 6.07) is 18.3. The molecule has 42 heavy (non-hydrogen) atoms. The van der Waals surface area contributed by atoms with Gasteiger partial charge in [0.1, 0.15) is 5.69 Å². The molecular weight excluding hydrogens is 544 g/mol. The lowest BCUT2D eigenvalue weighted by Gasteiger charge is -2.17. The predicted molar refractivity (Wildman–Crippen MR) is 152 cm³/mol. The average molecular weight is 574 g/mol. The Balaban J connectivity index is 1.35. The molecule has 0 aliphatic heterocycles. The van der Waals surface area contributed by atoms with Gasteiger partial charge in [0.25, 0.3) is 5.91 Å². The maximum absolute atomic E-state index is 13.2. The summed E-state index contributed by atoms with van der Waals surface area (Å²) in [5, 5.41) is 0. The Labute approximate surface area is 241 Å². The smallest absolute Gasteiger partial charge is 0.387 e. The van der Waals surface area contributed by atoms with Crippen molar-refractivity contribution in [1.29, 1.82) is 0 Å². The number of hydrogen-bond acceptors (Lipinski definition) is 7. The van der Waals surface area contributed by atoms with E-state index in [4.69, 9.17) is 9.47 Å². The third-order valence-electron chi connectivity index (χ3n) is 6.84. The highest BCUT2D eigenvalue weighted by molar-refractivity contribution is 6.04. The second-order valence-electron chi connectivity index (χ2n) is 10.1. The van der Waals surface area contributed by atoms with E-state index in [0.29, 0.717) is 35.0 Å². The first-order chi connectivity index (χ1) is 20.2. The Kier molecular flexibility index (Phi) is 8.42. The number of rotatable bonds is 10. The predicted octanol–water partition coefficient (Wildman–Crippen LogP) is 6.65. The summed E-state index contributed by atoms with van der Waals surface area (Å²) in [5.74, 6) is -0.601. The fourth-order valence-corrected chi connectivity index (χ4v) is 4.18. The van der Waals surface area contributed by atoms with Crippen LogP contribution in [0.1, 0.15) is 44.9 Å². The zero-order chi connectivity index (χ0) is 29.8. The molecule has 0 spiro atoms. The van der Waals surface area contributed by atoms with Crippen LogP contribution in [0.3, 0.4) is 0 Å². The number of benzene rings is 2. The lowest BCUT2D eigenvalue weighted by Crippen LogP contribution is -2.27. The number of anilines is 1. The van der Waals surface area contributed by atoms with Crippen LogP contribution < -0.4 is 19.1 Å². The molecule has 0 atom stereocenters. The van der Waals surface area contributed by atoms with Crippen molar-refractivity contribution < 1.29 is 32.6 Å². The first-order valence-corrected chi connectivity index (χ1v) is 13.4. The van der Waals surface area contributed by atoms with Gasteiger partial charge in [-0.3, -0.25) is 9.78 Å². The number of aromatic nitrogens is 2.